The second-order valence-corrected chi connectivity index (χ2v) is 4.44. The molecule has 2 heterocycles. The van der Waals surface area contributed by atoms with E-state index in [1.807, 2.05) is 0 Å². The Bertz CT molecular complexity index is 684. The van der Waals surface area contributed by atoms with Gasteiger partial charge < -0.3 is 28.4 Å². The molecular formula is C13H13NO9. The Morgan fingerprint density at radius 2 is 1.91 bits per heavy atom. The van der Waals surface area contributed by atoms with Crippen LogP contribution in [-0.2, 0) is 30.4 Å². The molecule has 1 N–H and O–H groups in total. The average molecular weight is 327 g/mol. The fourth-order valence-electron chi connectivity index (χ4n) is 1.57. The van der Waals surface area contributed by atoms with E-state index >= 15 is 0 Å². The zero-order valence-electron chi connectivity index (χ0n) is 12.0. The molecule has 1 saturated heterocycles. The average Bonchev–Trinajstić information content (AvgIpc) is 3.06. The van der Waals surface area contributed by atoms with Crippen LogP contribution in [0.15, 0.2) is 25.8 Å². The van der Waals surface area contributed by atoms with Crippen LogP contribution < -0.4 is 11.1 Å². The normalized spacial score (nSPS) is 16.9. The molecule has 0 aromatic carbocycles. The Morgan fingerprint density at radius 1 is 1.22 bits per heavy atom. The van der Waals surface area contributed by atoms with Gasteiger partial charge in [0.05, 0.1) is 0 Å². The number of rotatable bonds is 6. The summed E-state index contributed by atoms with van der Waals surface area (Å²) >= 11 is 0. The van der Waals surface area contributed by atoms with E-state index in [2.05, 4.69) is 18.9 Å². The Labute approximate surface area is 129 Å². The number of nitrogens with one attached hydrogen (secondary N) is 1. The molecule has 1 unspecified atom stereocenters. The Balaban J connectivity index is 1.70. The minimum atomic E-state index is -0.893. The third kappa shape index (κ3) is 5.02. The number of amides is 1. The number of carbonyl (C=O) groups excluding carboxylic acids is 3. The molecule has 1 atom stereocenters. The molecule has 0 radical (unpaired) electrons. The van der Waals surface area contributed by atoms with Gasteiger partial charge in [0, 0.05) is 12.2 Å². The minimum Gasteiger partial charge on any atom is -0.460 e. The van der Waals surface area contributed by atoms with E-state index in [4.69, 9.17) is 9.47 Å². The predicted molar refractivity (Wildman–Crippen MR) is 70.1 cm³/mol. The summed E-state index contributed by atoms with van der Waals surface area (Å²) in [5.74, 6) is -2.23. The summed E-state index contributed by atoms with van der Waals surface area (Å²) < 4.78 is 23.4. The van der Waals surface area contributed by atoms with Gasteiger partial charge in [-0.15, -0.1) is 0 Å². The van der Waals surface area contributed by atoms with E-state index in [9.17, 15) is 19.2 Å². The number of esters is 2. The summed E-state index contributed by atoms with van der Waals surface area (Å²) in [5.41, 5.74) is 0. The molecule has 1 aliphatic rings. The highest BCUT2D eigenvalue weighted by Crippen LogP contribution is 2.06. The first-order valence-electron chi connectivity index (χ1n) is 6.48. The maximum Gasteiger partial charge on any atom is 0.519 e. The van der Waals surface area contributed by atoms with Crippen molar-refractivity contribution in [3.05, 3.63) is 34.3 Å². The van der Waals surface area contributed by atoms with Crippen LogP contribution in [-0.4, -0.2) is 37.3 Å². The van der Waals surface area contributed by atoms with Gasteiger partial charge in [0.15, 0.2) is 18.1 Å². The quantitative estimate of drug-likeness (QED) is 0.428. The van der Waals surface area contributed by atoms with Gasteiger partial charge in [-0.3, -0.25) is 0 Å². The SMILES string of the molecule is Cc1oc(=O)oc1COC(=O)C=CC(=O)OCC1COC(=O)N1. The van der Waals surface area contributed by atoms with Crippen molar-refractivity contribution in [2.45, 2.75) is 19.6 Å². The second-order valence-electron chi connectivity index (χ2n) is 4.44. The van der Waals surface area contributed by atoms with Crippen LogP contribution in [0.5, 0.6) is 0 Å². The largest absolute Gasteiger partial charge is 0.519 e. The highest BCUT2D eigenvalue weighted by molar-refractivity contribution is 5.91. The molecule has 0 saturated carbocycles. The summed E-state index contributed by atoms with van der Waals surface area (Å²) in [4.78, 5) is 44.3. The van der Waals surface area contributed by atoms with Crippen LogP contribution in [0, 0.1) is 6.92 Å². The molecule has 1 aromatic rings. The van der Waals surface area contributed by atoms with E-state index in [-0.39, 0.29) is 31.3 Å². The number of ether oxygens (including phenoxy) is 3. The van der Waals surface area contributed by atoms with Crippen molar-refractivity contribution in [1.29, 1.82) is 0 Å². The monoisotopic (exact) mass is 327 g/mol. The maximum absolute atomic E-state index is 11.4. The number of cyclic esters (lactones) is 1. The van der Waals surface area contributed by atoms with Gasteiger partial charge in [0.25, 0.3) is 0 Å². The predicted octanol–water partition coefficient (Wildman–Crippen LogP) is -0.208. The van der Waals surface area contributed by atoms with Gasteiger partial charge in [0.1, 0.15) is 19.3 Å². The smallest absolute Gasteiger partial charge is 0.460 e. The molecule has 23 heavy (non-hydrogen) atoms. The summed E-state index contributed by atoms with van der Waals surface area (Å²) in [5, 5.41) is 2.42. The third-order valence-corrected chi connectivity index (χ3v) is 2.70. The first kappa shape index (κ1) is 16.3. The minimum absolute atomic E-state index is 0.0799. The van der Waals surface area contributed by atoms with Gasteiger partial charge >= 0.3 is 23.9 Å². The lowest BCUT2D eigenvalue weighted by atomic mass is 10.3. The fourth-order valence-corrected chi connectivity index (χ4v) is 1.57. The van der Waals surface area contributed by atoms with E-state index in [1.54, 1.807) is 0 Å². The Hall–Kier alpha value is -3.04. The number of alkyl carbamates (subject to hydrolysis) is 1. The van der Waals surface area contributed by atoms with E-state index in [0.717, 1.165) is 12.2 Å². The van der Waals surface area contributed by atoms with Crippen LogP contribution >= 0.6 is 0 Å². The van der Waals surface area contributed by atoms with Crippen LogP contribution in [0.3, 0.4) is 0 Å². The summed E-state index contributed by atoms with van der Waals surface area (Å²) in [7, 11) is 0. The summed E-state index contributed by atoms with van der Waals surface area (Å²) in [6.07, 6.45) is 1.16. The highest BCUT2D eigenvalue weighted by Gasteiger charge is 2.23. The van der Waals surface area contributed by atoms with Crippen molar-refractivity contribution < 1.29 is 37.4 Å². The van der Waals surface area contributed by atoms with Crippen LogP contribution in [0.2, 0.25) is 0 Å². The lowest BCUT2D eigenvalue weighted by molar-refractivity contribution is -0.141. The summed E-state index contributed by atoms with van der Waals surface area (Å²) in [6, 6.07) is -0.418. The van der Waals surface area contributed by atoms with Crippen molar-refractivity contribution in [2.75, 3.05) is 13.2 Å². The van der Waals surface area contributed by atoms with Gasteiger partial charge in [-0.1, -0.05) is 0 Å². The molecule has 1 fully saturated rings. The van der Waals surface area contributed by atoms with Crippen molar-refractivity contribution in [2.24, 2.45) is 0 Å². The molecule has 10 heteroatoms. The van der Waals surface area contributed by atoms with E-state index in [0.29, 0.717) is 0 Å². The van der Waals surface area contributed by atoms with Crippen LogP contribution in [0.25, 0.3) is 0 Å². The zero-order valence-corrected chi connectivity index (χ0v) is 12.0. The molecule has 2 rings (SSSR count). The molecule has 124 valence electrons. The summed E-state index contributed by atoms with van der Waals surface area (Å²) in [6.45, 7) is 1.20. The van der Waals surface area contributed by atoms with Crippen molar-refractivity contribution >= 4 is 18.0 Å². The molecular weight excluding hydrogens is 314 g/mol. The number of hydrogen-bond donors (Lipinski definition) is 1. The molecule has 0 aliphatic carbocycles. The first-order valence-corrected chi connectivity index (χ1v) is 6.48. The third-order valence-electron chi connectivity index (χ3n) is 2.70. The number of carbonyl (C=O) groups is 3. The Morgan fingerprint density at radius 3 is 2.48 bits per heavy atom. The number of hydrogen-bond acceptors (Lipinski definition) is 9. The van der Waals surface area contributed by atoms with Crippen LogP contribution in [0.1, 0.15) is 11.5 Å². The van der Waals surface area contributed by atoms with Crippen LogP contribution in [0.4, 0.5) is 4.79 Å². The molecule has 1 aromatic heterocycles. The van der Waals surface area contributed by atoms with Gasteiger partial charge in [0.2, 0.25) is 0 Å². The van der Waals surface area contributed by atoms with E-state index in [1.165, 1.54) is 6.92 Å². The first-order chi connectivity index (χ1) is 10.9. The van der Waals surface area contributed by atoms with Gasteiger partial charge in [-0.2, -0.15) is 0 Å². The van der Waals surface area contributed by atoms with Crippen molar-refractivity contribution in [3.63, 3.8) is 0 Å². The molecule has 1 amide bonds. The number of aryl methyl sites for hydroxylation is 1. The molecule has 0 bridgehead atoms. The molecule has 1 aliphatic heterocycles. The molecule has 10 nitrogen and oxygen atoms in total. The highest BCUT2D eigenvalue weighted by atomic mass is 16.6. The second kappa shape index (κ2) is 7.29. The topological polar surface area (TPSA) is 134 Å². The van der Waals surface area contributed by atoms with Crippen molar-refractivity contribution in [1.82, 2.24) is 5.32 Å². The standard InChI is InChI=1S/C13H13NO9/c1-7-9(23-13(18)22-7)6-20-11(16)3-2-10(15)19-4-8-5-21-12(17)14-8/h2-3,8H,4-6H2,1H3,(H,14,17). The lowest BCUT2D eigenvalue weighted by Crippen LogP contribution is -2.31. The van der Waals surface area contributed by atoms with E-state index < -0.39 is 29.9 Å². The fraction of sp³-hybridized carbons (Fsp3) is 0.385. The van der Waals surface area contributed by atoms with Gasteiger partial charge in [-0.25, -0.2) is 19.2 Å². The maximum atomic E-state index is 11.4. The van der Waals surface area contributed by atoms with Crippen molar-refractivity contribution in [3.8, 4) is 0 Å². The molecule has 0 spiro atoms. The lowest BCUT2D eigenvalue weighted by Gasteiger charge is -2.06. The zero-order chi connectivity index (χ0) is 16.8. The van der Waals surface area contributed by atoms with Gasteiger partial charge in [-0.05, 0) is 6.92 Å². The Kier molecular flexibility index (Phi) is 5.18.